The molecule has 0 radical (unpaired) electrons. The zero-order valence-corrected chi connectivity index (χ0v) is 26.4. The van der Waals surface area contributed by atoms with Crippen LogP contribution in [-0.4, -0.2) is 22.5 Å². The molecule has 0 aliphatic rings. The second kappa shape index (κ2) is 11.0. The highest BCUT2D eigenvalue weighted by Gasteiger charge is 2.58. The molecular weight excluding hydrogens is 511 g/mol. The zero-order valence-electron chi connectivity index (χ0n) is 24.4. The van der Waals surface area contributed by atoms with Crippen molar-refractivity contribution in [2.24, 2.45) is 5.73 Å². The van der Waals surface area contributed by atoms with Crippen molar-refractivity contribution in [2.45, 2.75) is 64.5 Å². The highest BCUT2D eigenvalue weighted by Crippen LogP contribution is 2.42. The Morgan fingerprint density at radius 3 is 0.795 bits per heavy atom. The predicted molar refractivity (Wildman–Crippen MR) is 170 cm³/mol. The summed E-state index contributed by atoms with van der Waals surface area (Å²) in [6, 6.07) is 42.4. The molecule has 0 aliphatic heterocycles. The van der Waals surface area contributed by atoms with E-state index in [4.69, 9.17) is 14.6 Å². The minimum Gasteiger partial charge on any atom is -0.370 e. The summed E-state index contributed by atoms with van der Waals surface area (Å²) in [6.45, 7) is 15.5. The van der Waals surface area contributed by atoms with Crippen molar-refractivity contribution in [1.29, 1.82) is 0 Å². The Morgan fingerprint density at radius 1 is 0.410 bits per heavy atom. The van der Waals surface area contributed by atoms with E-state index in [9.17, 15) is 0 Å². The normalized spacial score (nSPS) is 13.3. The van der Waals surface area contributed by atoms with Gasteiger partial charge in [0.1, 0.15) is 0 Å². The number of benzene rings is 4. The van der Waals surface area contributed by atoms with E-state index in [0.717, 1.165) is 0 Å². The lowest BCUT2D eigenvalue weighted by molar-refractivity contribution is -0.108. The van der Waals surface area contributed by atoms with Crippen LogP contribution < -0.4 is 26.5 Å². The first-order valence-electron chi connectivity index (χ1n) is 13.7. The second-order valence-corrected chi connectivity index (χ2v) is 21.0. The quantitative estimate of drug-likeness (QED) is 0.222. The molecule has 4 rings (SSSR count). The van der Waals surface area contributed by atoms with Crippen molar-refractivity contribution < 1.29 is 8.85 Å². The SMILES string of the molecule is CC(N)(O[Si](c1ccccc1)(c1ccccc1)C(C)(C)C)O[Si](c1ccccc1)(c1ccccc1)C(C)(C)C. The molecule has 0 fully saturated rings. The molecule has 0 heterocycles. The summed E-state index contributed by atoms with van der Waals surface area (Å²) >= 11 is 0. The first-order valence-corrected chi connectivity index (χ1v) is 17.6. The minimum absolute atomic E-state index is 0.231. The van der Waals surface area contributed by atoms with E-state index >= 15 is 0 Å². The topological polar surface area (TPSA) is 44.5 Å². The number of hydrogen-bond acceptors (Lipinski definition) is 3. The number of rotatable bonds is 8. The molecule has 3 nitrogen and oxygen atoms in total. The highest BCUT2D eigenvalue weighted by atomic mass is 28.4. The maximum atomic E-state index is 7.38. The molecule has 0 unspecified atom stereocenters. The third-order valence-electron chi connectivity index (χ3n) is 7.55. The summed E-state index contributed by atoms with van der Waals surface area (Å²) in [7, 11) is -5.95. The molecule has 0 atom stereocenters. The summed E-state index contributed by atoms with van der Waals surface area (Å²) in [5, 5.41) is 4.23. The molecule has 4 aromatic rings. The lowest BCUT2D eigenvalue weighted by atomic mass is 10.2. The summed E-state index contributed by atoms with van der Waals surface area (Å²) < 4.78 is 14.8. The van der Waals surface area contributed by atoms with E-state index in [2.05, 4.69) is 163 Å². The Balaban J connectivity index is 1.95. The molecule has 204 valence electrons. The Hall–Kier alpha value is -2.81. The minimum atomic E-state index is -2.97. The van der Waals surface area contributed by atoms with Crippen LogP contribution in [0.25, 0.3) is 0 Å². The van der Waals surface area contributed by atoms with Gasteiger partial charge in [0.15, 0.2) is 0 Å². The predicted octanol–water partition coefficient (Wildman–Crippen LogP) is 5.77. The summed E-state index contributed by atoms with van der Waals surface area (Å²) in [4.78, 5) is 0. The maximum Gasteiger partial charge on any atom is 0.266 e. The smallest absolute Gasteiger partial charge is 0.266 e. The Morgan fingerprint density at radius 2 is 0.615 bits per heavy atom. The molecule has 0 aromatic heterocycles. The molecular formula is C34H43NO2Si2. The molecule has 4 aromatic carbocycles. The van der Waals surface area contributed by atoms with Crippen LogP contribution in [-0.2, 0) is 8.85 Å². The van der Waals surface area contributed by atoms with Gasteiger partial charge in [-0.1, -0.05) is 163 Å². The first-order chi connectivity index (χ1) is 18.3. The largest absolute Gasteiger partial charge is 0.370 e. The van der Waals surface area contributed by atoms with E-state index < -0.39 is 22.5 Å². The van der Waals surface area contributed by atoms with Crippen LogP contribution in [0.1, 0.15) is 48.5 Å². The van der Waals surface area contributed by atoms with E-state index in [1.165, 1.54) is 20.7 Å². The fourth-order valence-corrected chi connectivity index (χ4v) is 15.2. The van der Waals surface area contributed by atoms with Crippen LogP contribution in [0.2, 0.25) is 10.1 Å². The van der Waals surface area contributed by atoms with Crippen LogP contribution in [0.3, 0.4) is 0 Å². The Kier molecular flexibility index (Phi) is 8.22. The summed E-state index contributed by atoms with van der Waals surface area (Å²) in [5.74, 6) is -1.38. The molecule has 39 heavy (non-hydrogen) atoms. The van der Waals surface area contributed by atoms with Gasteiger partial charge in [0.25, 0.3) is 16.6 Å². The van der Waals surface area contributed by atoms with Crippen molar-refractivity contribution in [2.75, 3.05) is 0 Å². The molecule has 0 spiro atoms. The number of hydrogen-bond donors (Lipinski definition) is 1. The van der Waals surface area contributed by atoms with Crippen LogP contribution >= 0.6 is 0 Å². The standard InChI is InChI=1S/C34H43NO2Si2/c1-32(2,3)38(28-20-12-8-13-21-28,29-22-14-9-15-23-29)36-34(7,35)37-39(33(4,5)6,30-24-16-10-17-25-30)31-26-18-11-19-27-31/h8-27H,35H2,1-7H3. The maximum absolute atomic E-state index is 7.38. The number of nitrogens with two attached hydrogens (primary N) is 1. The fourth-order valence-electron chi connectivity index (χ4n) is 5.93. The van der Waals surface area contributed by atoms with Gasteiger partial charge in [0.2, 0.25) is 5.91 Å². The van der Waals surface area contributed by atoms with E-state index in [0.29, 0.717) is 0 Å². The van der Waals surface area contributed by atoms with Crippen LogP contribution in [0.5, 0.6) is 0 Å². The van der Waals surface area contributed by atoms with Crippen molar-refractivity contribution in [1.82, 2.24) is 0 Å². The van der Waals surface area contributed by atoms with Gasteiger partial charge >= 0.3 is 0 Å². The Labute approximate surface area is 237 Å². The van der Waals surface area contributed by atoms with Gasteiger partial charge in [-0.3, -0.25) is 5.73 Å². The second-order valence-electron chi connectivity index (χ2n) is 12.5. The van der Waals surface area contributed by atoms with Gasteiger partial charge in [-0.15, -0.1) is 0 Å². The van der Waals surface area contributed by atoms with Crippen molar-refractivity contribution >= 4 is 37.4 Å². The van der Waals surface area contributed by atoms with Gasteiger partial charge in [-0.25, -0.2) is 0 Å². The average molecular weight is 554 g/mol. The zero-order chi connectivity index (χ0) is 28.4. The first kappa shape index (κ1) is 29.2. The fraction of sp³-hybridized carbons (Fsp3) is 0.294. The van der Waals surface area contributed by atoms with Crippen molar-refractivity contribution in [3.63, 3.8) is 0 Å². The van der Waals surface area contributed by atoms with Gasteiger partial charge < -0.3 is 8.85 Å². The van der Waals surface area contributed by atoms with E-state index in [1.54, 1.807) is 0 Å². The molecule has 0 saturated carbocycles. The molecule has 0 aliphatic carbocycles. The van der Waals surface area contributed by atoms with Gasteiger partial charge in [-0.05, 0) is 30.8 Å². The molecule has 0 saturated heterocycles. The summed E-state index contributed by atoms with van der Waals surface area (Å²) in [6.07, 6.45) is 0. The molecule has 5 heteroatoms. The third-order valence-corrected chi connectivity index (χ3v) is 17.8. The monoisotopic (exact) mass is 553 g/mol. The van der Waals surface area contributed by atoms with E-state index in [-0.39, 0.29) is 10.1 Å². The third kappa shape index (κ3) is 5.60. The van der Waals surface area contributed by atoms with E-state index in [1.807, 2.05) is 6.92 Å². The molecule has 0 bridgehead atoms. The van der Waals surface area contributed by atoms with Gasteiger partial charge in [0, 0.05) is 6.92 Å². The highest BCUT2D eigenvalue weighted by molar-refractivity contribution is 7.00. The van der Waals surface area contributed by atoms with Crippen molar-refractivity contribution in [3.05, 3.63) is 121 Å². The molecule has 0 amide bonds. The average Bonchev–Trinajstić information content (AvgIpc) is 2.91. The van der Waals surface area contributed by atoms with Gasteiger partial charge in [-0.2, -0.15) is 0 Å². The van der Waals surface area contributed by atoms with Crippen molar-refractivity contribution in [3.8, 4) is 0 Å². The van der Waals surface area contributed by atoms with Gasteiger partial charge in [0.05, 0.1) is 0 Å². The van der Waals surface area contributed by atoms with Crippen LogP contribution in [0.4, 0.5) is 0 Å². The van der Waals surface area contributed by atoms with Crippen LogP contribution in [0, 0.1) is 0 Å². The molecule has 2 N–H and O–H groups in total. The Bertz CT molecular complexity index is 1150. The summed E-state index contributed by atoms with van der Waals surface area (Å²) in [5.41, 5.74) is 7.26. The van der Waals surface area contributed by atoms with Crippen LogP contribution in [0.15, 0.2) is 121 Å². The lowest BCUT2D eigenvalue weighted by Crippen LogP contribution is -2.75. The lowest BCUT2D eigenvalue weighted by Gasteiger charge is -2.51.